The van der Waals surface area contributed by atoms with Crippen LogP contribution in [0.1, 0.15) is 29.8 Å². The van der Waals surface area contributed by atoms with Gasteiger partial charge in [-0.15, -0.1) is 10.2 Å². The molecule has 2 N–H and O–H groups in total. The molecule has 1 aliphatic heterocycles. The van der Waals surface area contributed by atoms with E-state index in [0.29, 0.717) is 11.6 Å². The van der Waals surface area contributed by atoms with E-state index in [0.717, 1.165) is 34.3 Å². The fourth-order valence-corrected chi connectivity index (χ4v) is 4.53. The first-order chi connectivity index (χ1) is 13.3. The molecule has 27 heavy (non-hydrogen) atoms. The highest BCUT2D eigenvalue weighted by Gasteiger charge is 2.15. The molecule has 2 heterocycles. The lowest BCUT2D eigenvalue weighted by Gasteiger charge is -2.22. The summed E-state index contributed by atoms with van der Waals surface area (Å²) in [5.74, 6) is -0.0456. The number of nitrogens with zero attached hydrogens (tertiary/aromatic N) is 2. The van der Waals surface area contributed by atoms with Gasteiger partial charge in [0.05, 0.1) is 32.5 Å². The summed E-state index contributed by atoms with van der Waals surface area (Å²) in [5.41, 5.74) is 1.03. The molecule has 2 aromatic carbocycles. The summed E-state index contributed by atoms with van der Waals surface area (Å²) >= 11 is 1.50. The average Bonchev–Trinajstić information content (AvgIpc) is 3.15. The largest absolute Gasteiger partial charge is 0.335 e. The molecule has 1 aromatic heterocycles. The second-order valence-corrected chi connectivity index (χ2v) is 8.24. The second-order valence-electron chi connectivity index (χ2n) is 7.17. The van der Waals surface area contributed by atoms with Gasteiger partial charge in [-0.1, -0.05) is 53.8 Å². The van der Waals surface area contributed by atoms with Gasteiger partial charge < -0.3 is 10.2 Å². The summed E-state index contributed by atoms with van der Waals surface area (Å²) in [4.78, 5) is 14.1. The zero-order valence-electron chi connectivity index (χ0n) is 15.4. The lowest BCUT2D eigenvalue weighted by atomic mass is 10.0. The first-order valence-corrected chi connectivity index (χ1v) is 10.5. The van der Waals surface area contributed by atoms with Crippen molar-refractivity contribution in [2.45, 2.75) is 32.1 Å². The van der Waals surface area contributed by atoms with Gasteiger partial charge in [0, 0.05) is 0 Å². The molecule has 3 aromatic rings. The molecule has 0 atom stereocenters. The smallest absolute Gasteiger partial charge is 0.230 e. The number of anilines is 1. The van der Waals surface area contributed by atoms with Gasteiger partial charge in [0.2, 0.25) is 11.0 Å². The summed E-state index contributed by atoms with van der Waals surface area (Å²) in [6.07, 6.45) is 5.32. The van der Waals surface area contributed by atoms with Crippen molar-refractivity contribution in [1.29, 1.82) is 0 Å². The van der Waals surface area contributed by atoms with Gasteiger partial charge in [-0.05, 0) is 35.6 Å². The quantitative estimate of drug-likeness (QED) is 0.690. The van der Waals surface area contributed by atoms with Gasteiger partial charge in [-0.3, -0.25) is 4.79 Å². The highest BCUT2D eigenvalue weighted by atomic mass is 32.1. The number of quaternary nitrogens is 1. The highest BCUT2D eigenvalue weighted by Crippen LogP contribution is 2.20. The van der Waals surface area contributed by atoms with Gasteiger partial charge in [0.15, 0.2) is 0 Å². The summed E-state index contributed by atoms with van der Waals surface area (Å²) < 4.78 is 0. The van der Waals surface area contributed by atoms with E-state index in [1.807, 2.05) is 24.3 Å². The topological polar surface area (TPSA) is 59.3 Å². The molecule has 1 amide bonds. The summed E-state index contributed by atoms with van der Waals surface area (Å²) in [6, 6.07) is 14.2. The van der Waals surface area contributed by atoms with Crippen LogP contribution in [-0.4, -0.2) is 35.7 Å². The van der Waals surface area contributed by atoms with Gasteiger partial charge >= 0.3 is 0 Å². The molecular weight excluding hydrogens is 356 g/mol. The minimum absolute atomic E-state index is 0.0456. The Labute approximate surface area is 163 Å². The van der Waals surface area contributed by atoms with Crippen molar-refractivity contribution in [1.82, 2.24) is 10.2 Å². The second kappa shape index (κ2) is 8.59. The van der Waals surface area contributed by atoms with Crippen LogP contribution >= 0.6 is 11.3 Å². The van der Waals surface area contributed by atoms with Crippen molar-refractivity contribution in [2.75, 3.05) is 25.0 Å². The molecule has 5 nitrogen and oxygen atoms in total. The lowest BCUT2D eigenvalue weighted by molar-refractivity contribution is -0.904. The fourth-order valence-electron chi connectivity index (χ4n) is 3.77. The zero-order chi connectivity index (χ0) is 18.5. The molecule has 1 aliphatic rings. The molecule has 0 radical (unpaired) electrons. The Kier molecular flexibility index (Phi) is 5.75. The minimum Gasteiger partial charge on any atom is -0.335 e. The summed E-state index contributed by atoms with van der Waals surface area (Å²) in [5, 5.41) is 15.2. The van der Waals surface area contributed by atoms with E-state index >= 15 is 0 Å². The number of carbonyl (C=O) groups is 1. The standard InChI is InChI=1S/C21H24N4OS/c26-19(15-17-9-6-8-16-7-2-3-10-18(16)17)22-21-24-23-20(27-21)11-14-25-12-4-1-5-13-25/h2-3,6-10H,1,4-5,11-15H2,(H,22,24,26)/p+1. The number of nitrogens with one attached hydrogen (secondary N) is 2. The molecule has 0 saturated carbocycles. The van der Waals surface area contributed by atoms with E-state index in [2.05, 4.69) is 33.7 Å². The molecule has 140 valence electrons. The van der Waals surface area contributed by atoms with E-state index in [9.17, 15) is 4.79 Å². The first-order valence-electron chi connectivity index (χ1n) is 9.70. The maximum Gasteiger partial charge on any atom is 0.230 e. The van der Waals surface area contributed by atoms with Crippen molar-refractivity contribution >= 4 is 33.1 Å². The third kappa shape index (κ3) is 4.70. The predicted octanol–water partition coefficient (Wildman–Crippen LogP) is 2.48. The Balaban J connectivity index is 1.33. The number of benzene rings is 2. The molecule has 1 saturated heterocycles. The number of hydrogen-bond acceptors (Lipinski definition) is 4. The third-order valence-electron chi connectivity index (χ3n) is 5.20. The van der Waals surface area contributed by atoms with Crippen molar-refractivity contribution in [3.63, 3.8) is 0 Å². The number of piperidine rings is 1. The van der Waals surface area contributed by atoms with Crippen molar-refractivity contribution < 1.29 is 9.69 Å². The molecular formula is C21H25N4OS+. The van der Waals surface area contributed by atoms with Crippen LogP contribution < -0.4 is 10.2 Å². The number of aromatic nitrogens is 2. The maximum absolute atomic E-state index is 12.5. The Bertz CT molecular complexity index is 912. The highest BCUT2D eigenvalue weighted by molar-refractivity contribution is 7.15. The molecule has 0 spiro atoms. The zero-order valence-corrected chi connectivity index (χ0v) is 16.2. The van der Waals surface area contributed by atoms with Crippen LogP contribution in [0.15, 0.2) is 42.5 Å². The molecule has 1 fully saturated rings. The lowest BCUT2D eigenvalue weighted by Crippen LogP contribution is -3.13. The predicted molar refractivity (Wildman–Crippen MR) is 109 cm³/mol. The van der Waals surface area contributed by atoms with Crippen LogP contribution in [0.2, 0.25) is 0 Å². The van der Waals surface area contributed by atoms with Gasteiger partial charge in [-0.25, -0.2) is 0 Å². The fraction of sp³-hybridized carbons (Fsp3) is 0.381. The number of amides is 1. The summed E-state index contributed by atoms with van der Waals surface area (Å²) in [6.45, 7) is 3.65. The molecule has 6 heteroatoms. The van der Waals surface area contributed by atoms with Gasteiger partial charge in [0.25, 0.3) is 0 Å². The minimum atomic E-state index is -0.0456. The number of hydrogen-bond donors (Lipinski definition) is 2. The van der Waals surface area contributed by atoms with Gasteiger partial charge in [0.1, 0.15) is 5.01 Å². The van der Waals surface area contributed by atoms with Crippen LogP contribution in [0.3, 0.4) is 0 Å². The van der Waals surface area contributed by atoms with E-state index in [1.165, 1.54) is 43.7 Å². The average molecular weight is 382 g/mol. The Morgan fingerprint density at radius 2 is 1.85 bits per heavy atom. The van der Waals surface area contributed by atoms with Crippen molar-refractivity contribution in [2.24, 2.45) is 0 Å². The first kappa shape index (κ1) is 18.1. The van der Waals surface area contributed by atoms with Gasteiger partial charge in [-0.2, -0.15) is 0 Å². The Hall–Kier alpha value is -2.31. The maximum atomic E-state index is 12.5. The summed E-state index contributed by atoms with van der Waals surface area (Å²) in [7, 11) is 0. The Morgan fingerprint density at radius 1 is 1.04 bits per heavy atom. The normalized spacial score (nSPS) is 15.1. The number of fused-ring (bicyclic) bond motifs is 1. The molecule has 0 bridgehead atoms. The van der Waals surface area contributed by atoms with Crippen molar-refractivity contribution in [3.05, 3.63) is 53.0 Å². The molecule has 0 unspecified atom stereocenters. The van der Waals surface area contributed by atoms with E-state index < -0.39 is 0 Å². The monoisotopic (exact) mass is 381 g/mol. The SMILES string of the molecule is O=C(Cc1cccc2ccccc12)Nc1nnc(CC[NH+]2CCCCC2)s1. The van der Waals surface area contributed by atoms with E-state index in [-0.39, 0.29) is 5.91 Å². The van der Waals surface area contributed by atoms with E-state index in [4.69, 9.17) is 0 Å². The number of carbonyl (C=O) groups excluding carboxylic acids is 1. The van der Waals surface area contributed by atoms with Crippen molar-refractivity contribution in [3.8, 4) is 0 Å². The molecule has 0 aliphatic carbocycles. The van der Waals surface area contributed by atoms with Crippen LogP contribution in [-0.2, 0) is 17.6 Å². The molecule has 4 rings (SSSR count). The van der Waals surface area contributed by atoms with E-state index in [1.54, 1.807) is 4.90 Å². The van der Waals surface area contributed by atoms with Crippen LogP contribution in [0.5, 0.6) is 0 Å². The van der Waals surface area contributed by atoms with Crippen LogP contribution in [0, 0.1) is 0 Å². The number of rotatable bonds is 6. The number of likely N-dealkylation sites (tertiary alicyclic amines) is 1. The van der Waals surface area contributed by atoms with Crippen LogP contribution in [0.25, 0.3) is 10.8 Å². The Morgan fingerprint density at radius 3 is 2.74 bits per heavy atom. The van der Waals surface area contributed by atoms with Crippen LogP contribution in [0.4, 0.5) is 5.13 Å². The third-order valence-corrected chi connectivity index (χ3v) is 6.10.